The fourth-order valence-electron chi connectivity index (χ4n) is 1.04. The molecule has 5 nitrogen and oxygen atoms in total. The first-order valence-corrected chi connectivity index (χ1v) is 4.86. The van der Waals surface area contributed by atoms with Crippen molar-refractivity contribution >= 4 is 5.97 Å². The predicted octanol–water partition coefficient (Wildman–Crippen LogP) is 1.66. The minimum Gasteiger partial charge on any atom is -0.461 e. The van der Waals surface area contributed by atoms with Crippen LogP contribution in [-0.2, 0) is 21.1 Å². The molecule has 1 rings (SSSR count). The van der Waals surface area contributed by atoms with Gasteiger partial charge in [0, 0.05) is 6.20 Å². The molecule has 0 aliphatic rings. The Morgan fingerprint density at radius 2 is 2.13 bits per heavy atom. The number of carbonyl (C=O) groups excluding carboxylic acids is 1. The summed E-state index contributed by atoms with van der Waals surface area (Å²) in [4.78, 5) is 23.6. The number of nitrogens with one attached hydrogen (secondary N) is 1. The number of hydrogen-bond donors (Lipinski definition) is 1. The highest BCUT2D eigenvalue weighted by atomic mass is 17.2. The minimum atomic E-state index is -0.361. The summed E-state index contributed by atoms with van der Waals surface area (Å²) in [5.41, 5.74) is 1.26. The van der Waals surface area contributed by atoms with Gasteiger partial charge in [0.05, 0.1) is 13.2 Å². The Morgan fingerprint density at radius 1 is 1.33 bits per heavy atom. The minimum absolute atomic E-state index is 0.309. The molecule has 0 spiro atoms. The Bertz CT molecular complexity index is 308. The molecular weight excluding hydrogens is 198 g/mol. The van der Waals surface area contributed by atoms with Crippen molar-refractivity contribution in [2.75, 3.05) is 13.2 Å². The van der Waals surface area contributed by atoms with Crippen molar-refractivity contribution in [1.29, 1.82) is 0 Å². The third kappa shape index (κ3) is 3.73. The van der Waals surface area contributed by atoms with Crippen molar-refractivity contribution in [2.45, 2.75) is 20.5 Å². The summed E-state index contributed by atoms with van der Waals surface area (Å²) in [7, 11) is 0. The molecule has 0 atom stereocenters. The lowest BCUT2D eigenvalue weighted by Gasteiger charge is -1.98. The molecule has 5 heteroatoms. The Hall–Kier alpha value is -1.33. The Morgan fingerprint density at radius 3 is 2.80 bits per heavy atom. The zero-order valence-corrected chi connectivity index (χ0v) is 8.91. The summed E-state index contributed by atoms with van der Waals surface area (Å²) in [6.07, 6.45) is 1.69. The third-order valence-corrected chi connectivity index (χ3v) is 1.66. The average molecular weight is 213 g/mol. The monoisotopic (exact) mass is 213 g/mol. The molecule has 1 N–H and O–H groups in total. The summed E-state index contributed by atoms with van der Waals surface area (Å²) < 4.78 is 4.82. The number of H-pyrrole nitrogens is 1. The summed E-state index contributed by atoms with van der Waals surface area (Å²) in [5, 5.41) is 0. The van der Waals surface area contributed by atoms with Crippen LogP contribution in [0.4, 0.5) is 0 Å². The predicted molar refractivity (Wildman–Crippen MR) is 53.2 cm³/mol. The van der Waals surface area contributed by atoms with E-state index in [1.807, 2.05) is 6.92 Å². The van der Waals surface area contributed by atoms with Gasteiger partial charge in [-0.3, -0.25) is 0 Å². The maximum absolute atomic E-state index is 11.3. The van der Waals surface area contributed by atoms with E-state index in [1.54, 1.807) is 19.2 Å². The van der Waals surface area contributed by atoms with Gasteiger partial charge in [0.2, 0.25) is 0 Å². The van der Waals surface area contributed by atoms with Crippen LogP contribution in [0.3, 0.4) is 0 Å². The first kappa shape index (κ1) is 11.7. The number of esters is 1. The van der Waals surface area contributed by atoms with Gasteiger partial charge in [-0.1, -0.05) is 0 Å². The van der Waals surface area contributed by atoms with Gasteiger partial charge in [-0.25, -0.2) is 14.6 Å². The van der Waals surface area contributed by atoms with E-state index >= 15 is 0 Å². The van der Waals surface area contributed by atoms with Gasteiger partial charge < -0.3 is 9.72 Å². The number of hydrogen-bond acceptors (Lipinski definition) is 4. The molecule has 0 amide bonds. The standard InChI is InChI=1S/C10H15NO4/c1-3-13-10(12)9-5-8(6-11-9)7-15-14-4-2/h5-6,11H,3-4,7H2,1-2H3. The summed E-state index contributed by atoms with van der Waals surface area (Å²) in [6, 6.07) is 1.68. The van der Waals surface area contributed by atoms with Crippen molar-refractivity contribution in [1.82, 2.24) is 4.98 Å². The molecule has 84 valence electrons. The van der Waals surface area contributed by atoms with Crippen molar-refractivity contribution in [3.05, 3.63) is 23.5 Å². The van der Waals surface area contributed by atoms with Gasteiger partial charge in [-0.05, 0) is 25.5 Å². The van der Waals surface area contributed by atoms with Crippen LogP contribution in [0.2, 0.25) is 0 Å². The van der Waals surface area contributed by atoms with Crippen LogP contribution in [0.1, 0.15) is 29.9 Å². The number of rotatable bonds is 6. The zero-order chi connectivity index (χ0) is 11.1. The van der Waals surface area contributed by atoms with Crippen molar-refractivity contribution < 1.29 is 19.3 Å². The molecule has 0 saturated carbocycles. The summed E-state index contributed by atoms with van der Waals surface area (Å²) in [5.74, 6) is -0.361. The van der Waals surface area contributed by atoms with Gasteiger partial charge in [0.25, 0.3) is 0 Å². The number of aromatic amines is 1. The number of ether oxygens (including phenoxy) is 1. The highest BCUT2D eigenvalue weighted by molar-refractivity contribution is 5.87. The van der Waals surface area contributed by atoms with Crippen LogP contribution in [0.25, 0.3) is 0 Å². The quantitative estimate of drug-likeness (QED) is 0.338. The Kier molecular flexibility index (Phi) is 4.86. The highest BCUT2D eigenvalue weighted by Gasteiger charge is 2.08. The van der Waals surface area contributed by atoms with Crippen LogP contribution in [0.15, 0.2) is 12.3 Å². The maximum atomic E-state index is 11.3. The zero-order valence-electron chi connectivity index (χ0n) is 8.91. The number of aromatic nitrogens is 1. The maximum Gasteiger partial charge on any atom is 0.354 e. The van der Waals surface area contributed by atoms with Crippen molar-refractivity contribution in [3.8, 4) is 0 Å². The molecule has 1 aromatic heterocycles. The largest absolute Gasteiger partial charge is 0.461 e. The molecule has 0 aliphatic carbocycles. The molecule has 1 heterocycles. The summed E-state index contributed by atoms with van der Waals surface area (Å²) in [6.45, 7) is 4.77. The molecule has 15 heavy (non-hydrogen) atoms. The van der Waals surface area contributed by atoms with Gasteiger partial charge in [0.15, 0.2) is 0 Å². The van der Waals surface area contributed by atoms with Crippen LogP contribution >= 0.6 is 0 Å². The van der Waals surface area contributed by atoms with E-state index in [1.165, 1.54) is 0 Å². The van der Waals surface area contributed by atoms with Gasteiger partial charge in [-0.15, -0.1) is 0 Å². The molecule has 0 saturated heterocycles. The van der Waals surface area contributed by atoms with Gasteiger partial charge >= 0.3 is 5.97 Å². The molecule has 0 radical (unpaired) electrons. The van der Waals surface area contributed by atoms with E-state index in [4.69, 9.17) is 14.5 Å². The topological polar surface area (TPSA) is 60.5 Å². The fraction of sp³-hybridized carbons (Fsp3) is 0.500. The molecule has 0 unspecified atom stereocenters. The molecule has 0 fully saturated rings. The van der Waals surface area contributed by atoms with E-state index in [0.717, 1.165) is 5.56 Å². The first-order valence-electron chi connectivity index (χ1n) is 4.86. The highest BCUT2D eigenvalue weighted by Crippen LogP contribution is 2.06. The average Bonchev–Trinajstić information content (AvgIpc) is 2.67. The second-order valence-corrected chi connectivity index (χ2v) is 2.81. The molecular formula is C10H15NO4. The van der Waals surface area contributed by atoms with E-state index in [9.17, 15) is 4.79 Å². The van der Waals surface area contributed by atoms with Crippen molar-refractivity contribution in [3.63, 3.8) is 0 Å². The van der Waals surface area contributed by atoms with Gasteiger partial charge in [-0.2, -0.15) is 0 Å². The Labute approximate surface area is 88.3 Å². The number of carbonyl (C=O) groups is 1. The molecule has 0 aromatic carbocycles. The van der Waals surface area contributed by atoms with Crippen LogP contribution < -0.4 is 0 Å². The van der Waals surface area contributed by atoms with E-state index in [0.29, 0.717) is 25.5 Å². The molecule has 0 aliphatic heterocycles. The normalized spacial score (nSPS) is 10.3. The smallest absolute Gasteiger partial charge is 0.354 e. The molecule has 0 bridgehead atoms. The van der Waals surface area contributed by atoms with Crippen LogP contribution in [-0.4, -0.2) is 24.2 Å². The lowest BCUT2D eigenvalue weighted by atomic mass is 10.3. The van der Waals surface area contributed by atoms with E-state index < -0.39 is 0 Å². The SMILES string of the molecule is CCOOCc1c[nH]c(C(=O)OCC)c1. The third-order valence-electron chi connectivity index (χ3n) is 1.66. The lowest BCUT2D eigenvalue weighted by molar-refractivity contribution is -0.300. The lowest BCUT2D eigenvalue weighted by Crippen LogP contribution is -2.04. The molecule has 1 aromatic rings. The van der Waals surface area contributed by atoms with Crippen molar-refractivity contribution in [2.24, 2.45) is 0 Å². The Balaban J connectivity index is 2.45. The second-order valence-electron chi connectivity index (χ2n) is 2.81. The van der Waals surface area contributed by atoms with Gasteiger partial charge in [0.1, 0.15) is 12.3 Å². The first-order chi connectivity index (χ1) is 7.27. The van der Waals surface area contributed by atoms with E-state index in [2.05, 4.69) is 4.98 Å². The van der Waals surface area contributed by atoms with Crippen LogP contribution in [0, 0.1) is 0 Å². The van der Waals surface area contributed by atoms with Crippen LogP contribution in [0.5, 0.6) is 0 Å². The fourth-order valence-corrected chi connectivity index (χ4v) is 1.04. The van der Waals surface area contributed by atoms with E-state index in [-0.39, 0.29) is 5.97 Å². The second kappa shape index (κ2) is 6.21. The summed E-state index contributed by atoms with van der Waals surface area (Å²) >= 11 is 0.